The second-order valence-corrected chi connectivity index (χ2v) is 11.2. The van der Waals surface area contributed by atoms with Crippen molar-refractivity contribution in [3.63, 3.8) is 0 Å². The van der Waals surface area contributed by atoms with Crippen molar-refractivity contribution >= 4 is 28.8 Å². The highest BCUT2D eigenvalue weighted by Crippen LogP contribution is 2.48. The van der Waals surface area contributed by atoms with E-state index in [4.69, 9.17) is 16.7 Å². The molecule has 0 spiro atoms. The molecule has 2 fully saturated rings. The molecule has 0 amide bonds. The fraction of sp³-hybridized carbons (Fsp3) is 0.636. The number of carbonyl (C=O) groups excluding carboxylic acids is 1. The predicted octanol–water partition coefficient (Wildman–Crippen LogP) is 6.36. The van der Waals surface area contributed by atoms with Crippen molar-refractivity contribution in [2.24, 2.45) is 17.3 Å². The molecule has 2 aliphatic carbocycles. The summed E-state index contributed by atoms with van der Waals surface area (Å²) >= 11 is 7.69. The van der Waals surface area contributed by atoms with E-state index in [1.54, 1.807) is 16.0 Å². The average molecular weight is 405 g/mol. The van der Waals surface area contributed by atoms with Gasteiger partial charge in [-0.2, -0.15) is 5.10 Å². The van der Waals surface area contributed by atoms with Crippen molar-refractivity contribution in [1.29, 1.82) is 0 Å². The number of fused-ring (bicyclic) bond motifs is 2. The molecule has 27 heavy (non-hydrogen) atoms. The van der Waals surface area contributed by atoms with Gasteiger partial charge in [0.15, 0.2) is 0 Å². The lowest BCUT2D eigenvalue weighted by Crippen LogP contribution is -2.29. The summed E-state index contributed by atoms with van der Waals surface area (Å²) in [5, 5.41) is 4.86. The lowest BCUT2D eigenvalue weighted by molar-refractivity contribution is 0.0743. The Morgan fingerprint density at radius 2 is 1.89 bits per heavy atom. The van der Waals surface area contributed by atoms with Gasteiger partial charge in [0.1, 0.15) is 0 Å². The maximum absolute atomic E-state index is 13.0. The molecule has 0 aliphatic heterocycles. The van der Waals surface area contributed by atoms with Gasteiger partial charge < -0.3 is 0 Å². The van der Waals surface area contributed by atoms with E-state index < -0.39 is 5.41 Å². The van der Waals surface area contributed by atoms with Gasteiger partial charge in [-0.1, -0.05) is 45.2 Å². The molecule has 2 bridgehead atoms. The van der Waals surface area contributed by atoms with E-state index in [-0.39, 0.29) is 5.91 Å². The van der Waals surface area contributed by atoms with Gasteiger partial charge in [-0.3, -0.25) is 4.79 Å². The van der Waals surface area contributed by atoms with Gasteiger partial charge in [0.05, 0.1) is 10.0 Å². The monoisotopic (exact) mass is 404 g/mol. The number of halogens is 1. The zero-order valence-electron chi connectivity index (χ0n) is 16.5. The number of aromatic nitrogens is 2. The summed E-state index contributed by atoms with van der Waals surface area (Å²) in [4.78, 5) is 14.3. The number of carbonyl (C=O) groups is 1. The van der Waals surface area contributed by atoms with Crippen LogP contribution in [0.1, 0.15) is 79.9 Å². The first-order chi connectivity index (χ1) is 12.8. The molecular weight excluding hydrogens is 376 g/mol. The maximum atomic E-state index is 13.0. The first-order valence-electron chi connectivity index (χ1n) is 10.2. The van der Waals surface area contributed by atoms with Gasteiger partial charge in [0.25, 0.3) is 5.91 Å². The van der Waals surface area contributed by atoms with Gasteiger partial charge in [0.2, 0.25) is 0 Å². The quantitative estimate of drug-likeness (QED) is 0.593. The Bertz CT molecular complexity index is 820. The molecule has 2 unspecified atom stereocenters. The molecule has 4 rings (SSSR count). The van der Waals surface area contributed by atoms with E-state index in [0.29, 0.717) is 5.92 Å². The van der Waals surface area contributed by atoms with Crippen LogP contribution in [0.25, 0.3) is 0 Å². The van der Waals surface area contributed by atoms with Crippen LogP contribution < -0.4 is 0 Å². The summed E-state index contributed by atoms with van der Waals surface area (Å²) in [5.74, 6) is 2.36. The fourth-order valence-corrected chi connectivity index (χ4v) is 5.89. The van der Waals surface area contributed by atoms with Crippen LogP contribution in [0.4, 0.5) is 0 Å². The zero-order chi connectivity index (χ0) is 19.2. The summed E-state index contributed by atoms with van der Waals surface area (Å²) < 4.78 is 2.53. The molecule has 0 radical (unpaired) electrons. The summed E-state index contributed by atoms with van der Waals surface area (Å²) in [6.07, 6.45) is 8.39. The molecule has 3 nitrogen and oxygen atoms in total. The van der Waals surface area contributed by atoms with E-state index in [0.717, 1.165) is 40.4 Å². The number of aryl methyl sites for hydroxylation is 2. The molecule has 146 valence electrons. The topological polar surface area (TPSA) is 34.9 Å². The lowest BCUT2D eigenvalue weighted by Gasteiger charge is -2.26. The standard InChI is InChI=1S/C22H29ClN2OS/c1-22(2,3)21(26)25-17(6-7-18-8-9-20(23)27-18)13-19(24-25)16-11-14-4-5-15(10-14)12-16/h8-9,13-16H,4-7,10-12H2,1-3H3. The van der Waals surface area contributed by atoms with Crippen LogP contribution in [-0.4, -0.2) is 15.7 Å². The molecule has 5 heteroatoms. The van der Waals surface area contributed by atoms with Gasteiger partial charge in [0, 0.05) is 21.9 Å². The van der Waals surface area contributed by atoms with Crippen molar-refractivity contribution in [2.45, 2.75) is 71.6 Å². The molecule has 0 N–H and O–H groups in total. The number of thiophene rings is 1. The Morgan fingerprint density at radius 3 is 2.48 bits per heavy atom. The third-order valence-corrected chi connectivity index (χ3v) is 7.49. The minimum atomic E-state index is -0.435. The van der Waals surface area contributed by atoms with Gasteiger partial charge >= 0.3 is 0 Å². The molecule has 2 atom stereocenters. The fourth-order valence-electron chi connectivity index (χ4n) is 4.80. The summed E-state index contributed by atoms with van der Waals surface area (Å²) in [7, 11) is 0. The minimum absolute atomic E-state index is 0.0896. The Labute approximate surface area is 171 Å². The number of hydrogen-bond donors (Lipinski definition) is 0. The van der Waals surface area contributed by atoms with Crippen LogP contribution in [0.2, 0.25) is 4.34 Å². The Kier molecular flexibility index (Phi) is 5.24. The highest BCUT2D eigenvalue weighted by atomic mass is 35.5. The summed E-state index contributed by atoms with van der Waals surface area (Å²) in [6.45, 7) is 5.92. The van der Waals surface area contributed by atoms with Crippen molar-refractivity contribution in [3.05, 3.63) is 38.8 Å². The number of nitrogens with zero attached hydrogens (tertiary/aromatic N) is 2. The Balaban J connectivity index is 1.59. The highest BCUT2D eigenvalue weighted by Gasteiger charge is 2.36. The van der Waals surface area contributed by atoms with E-state index in [1.165, 1.54) is 37.0 Å². The lowest BCUT2D eigenvalue weighted by atomic mass is 9.79. The normalized spacial score (nSPS) is 25.1. The van der Waals surface area contributed by atoms with E-state index in [1.807, 2.05) is 26.8 Å². The van der Waals surface area contributed by atoms with E-state index in [9.17, 15) is 4.79 Å². The number of rotatable bonds is 4. The van der Waals surface area contributed by atoms with Gasteiger partial charge in [-0.25, -0.2) is 4.68 Å². The molecule has 2 aromatic heterocycles. The number of hydrogen-bond acceptors (Lipinski definition) is 3. The van der Waals surface area contributed by atoms with Gasteiger partial charge in [-0.15, -0.1) is 11.3 Å². The Morgan fingerprint density at radius 1 is 1.19 bits per heavy atom. The van der Waals surface area contributed by atoms with E-state index >= 15 is 0 Å². The predicted molar refractivity (Wildman–Crippen MR) is 112 cm³/mol. The molecule has 0 saturated heterocycles. The van der Waals surface area contributed by atoms with Crippen LogP contribution in [0.5, 0.6) is 0 Å². The highest BCUT2D eigenvalue weighted by molar-refractivity contribution is 7.16. The third-order valence-electron chi connectivity index (χ3n) is 6.20. The molecular formula is C22H29ClN2OS. The van der Waals surface area contributed by atoms with Crippen molar-refractivity contribution in [1.82, 2.24) is 9.78 Å². The molecule has 2 aliphatic rings. The second-order valence-electron chi connectivity index (χ2n) is 9.45. The smallest absolute Gasteiger partial charge is 0.252 e. The van der Waals surface area contributed by atoms with Crippen LogP contribution >= 0.6 is 22.9 Å². The Hall–Kier alpha value is -1.13. The van der Waals surface area contributed by atoms with Crippen LogP contribution in [0.15, 0.2) is 18.2 Å². The van der Waals surface area contributed by atoms with Crippen molar-refractivity contribution in [3.8, 4) is 0 Å². The van der Waals surface area contributed by atoms with Gasteiger partial charge in [-0.05, 0) is 62.1 Å². The largest absolute Gasteiger partial charge is 0.272 e. The third kappa shape index (κ3) is 4.17. The molecule has 2 saturated carbocycles. The van der Waals surface area contributed by atoms with Crippen molar-refractivity contribution < 1.29 is 4.79 Å². The first-order valence-corrected chi connectivity index (χ1v) is 11.4. The van der Waals surface area contributed by atoms with Crippen LogP contribution in [-0.2, 0) is 12.8 Å². The van der Waals surface area contributed by atoms with Crippen LogP contribution in [0.3, 0.4) is 0 Å². The summed E-state index contributed by atoms with van der Waals surface area (Å²) in [6, 6.07) is 6.25. The first kappa shape index (κ1) is 19.2. The molecule has 2 heterocycles. The summed E-state index contributed by atoms with van der Waals surface area (Å²) in [5.41, 5.74) is 1.76. The zero-order valence-corrected chi connectivity index (χ0v) is 18.1. The van der Waals surface area contributed by atoms with Crippen molar-refractivity contribution in [2.75, 3.05) is 0 Å². The minimum Gasteiger partial charge on any atom is -0.272 e. The maximum Gasteiger partial charge on any atom is 0.252 e. The van der Waals surface area contributed by atoms with E-state index in [2.05, 4.69) is 12.1 Å². The SMILES string of the molecule is CC(C)(C)C(=O)n1nc(C2CC3CCC(C3)C2)cc1CCc1ccc(Cl)s1. The average Bonchev–Trinajstić information content (AvgIpc) is 3.30. The second kappa shape index (κ2) is 7.36. The molecule has 0 aromatic carbocycles. The van der Waals surface area contributed by atoms with Crippen LogP contribution in [0, 0.1) is 17.3 Å². The molecule has 2 aromatic rings.